The van der Waals surface area contributed by atoms with E-state index >= 15 is 0 Å². The van der Waals surface area contributed by atoms with E-state index in [1.54, 1.807) is 0 Å². The summed E-state index contributed by atoms with van der Waals surface area (Å²) in [5, 5.41) is 0. The van der Waals surface area contributed by atoms with Crippen LogP contribution in [0.15, 0.2) is 6.20 Å². The lowest BCUT2D eigenvalue weighted by atomic mass is 9.53. The molecular weight excluding hydrogens is 234 g/mol. The highest BCUT2D eigenvalue weighted by atomic mass is 15.1. The second-order valence-electron chi connectivity index (χ2n) is 7.35. The minimum atomic E-state index is 0.403. The van der Waals surface area contributed by atoms with E-state index in [0.717, 1.165) is 24.2 Å². The van der Waals surface area contributed by atoms with Crippen LogP contribution in [-0.4, -0.2) is 16.1 Å². The lowest BCUT2D eigenvalue weighted by Gasteiger charge is -2.57. The highest BCUT2D eigenvalue weighted by molar-refractivity contribution is 5.13. The summed E-state index contributed by atoms with van der Waals surface area (Å²) < 4.78 is 2.56. The van der Waals surface area contributed by atoms with Crippen LogP contribution in [0.4, 0.5) is 0 Å². The summed E-state index contributed by atoms with van der Waals surface area (Å²) >= 11 is 0. The average molecular weight is 259 g/mol. The number of aryl methyl sites for hydroxylation is 1. The summed E-state index contributed by atoms with van der Waals surface area (Å²) in [6, 6.07) is 0. The van der Waals surface area contributed by atoms with Gasteiger partial charge in [0.15, 0.2) is 0 Å². The lowest BCUT2D eigenvalue weighted by molar-refractivity contribution is -0.0444. The topological polar surface area (TPSA) is 43.8 Å². The molecule has 0 aliphatic heterocycles. The van der Waals surface area contributed by atoms with Gasteiger partial charge in [-0.15, -0.1) is 0 Å². The Morgan fingerprint density at radius 2 is 1.79 bits per heavy atom. The first-order chi connectivity index (χ1) is 9.18. The molecule has 1 heterocycles. The zero-order chi connectivity index (χ0) is 13.0. The van der Waals surface area contributed by atoms with Crippen molar-refractivity contribution >= 4 is 0 Å². The van der Waals surface area contributed by atoms with Crippen molar-refractivity contribution in [2.45, 2.75) is 57.4 Å². The van der Waals surface area contributed by atoms with Gasteiger partial charge < -0.3 is 10.3 Å². The quantitative estimate of drug-likeness (QED) is 0.907. The lowest BCUT2D eigenvalue weighted by Crippen LogP contribution is -2.52. The molecule has 3 nitrogen and oxygen atoms in total. The van der Waals surface area contributed by atoms with Crippen molar-refractivity contribution < 1.29 is 0 Å². The molecule has 1 aromatic heterocycles. The van der Waals surface area contributed by atoms with E-state index in [0.29, 0.717) is 12.1 Å². The van der Waals surface area contributed by atoms with Gasteiger partial charge in [-0.05, 0) is 69.7 Å². The summed E-state index contributed by atoms with van der Waals surface area (Å²) in [6.07, 6.45) is 11.9. The molecule has 0 amide bonds. The number of imidazole rings is 1. The van der Waals surface area contributed by atoms with Crippen LogP contribution in [0.1, 0.15) is 50.0 Å². The molecule has 4 aliphatic rings. The fraction of sp³-hybridized carbons (Fsp3) is 0.812. The smallest absolute Gasteiger partial charge is 0.110 e. The largest absolute Gasteiger partial charge is 0.330 e. The van der Waals surface area contributed by atoms with E-state index in [-0.39, 0.29) is 0 Å². The summed E-state index contributed by atoms with van der Waals surface area (Å²) in [5.41, 5.74) is 7.35. The van der Waals surface area contributed by atoms with Gasteiger partial charge in [-0.3, -0.25) is 0 Å². The third-order valence-electron chi connectivity index (χ3n) is 5.78. The number of nitrogens with two attached hydrogens (primary N) is 1. The first kappa shape index (κ1) is 12.0. The maximum Gasteiger partial charge on any atom is 0.110 e. The minimum absolute atomic E-state index is 0.403. The molecule has 104 valence electrons. The average Bonchev–Trinajstić information content (AvgIpc) is 2.70. The molecule has 2 N–H and O–H groups in total. The fourth-order valence-corrected chi connectivity index (χ4v) is 5.62. The van der Waals surface area contributed by atoms with Crippen molar-refractivity contribution in [1.29, 1.82) is 0 Å². The van der Waals surface area contributed by atoms with E-state index in [1.807, 2.05) is 0 Å². The standard InChI is InChI=1S/C16H25N3/c1-11-10-19(15(18-11)2-3-17)16-7-12-4-13(8-16)6-14(5-12)9-16/h10,12-14H,2-9,17H2,1H3. The molecule has 4 fully saturated rings. The molecule has 0 aromatic carbocycles. The molecule has 0 unspecified atom stereocenters. The van der Waals surface area contributed by atoms with Crippen molar-refractivity contribution in [3.05, 3.63) is 17.7 Å². The maximum absolute atomic E-state index is 5.78. The van der Waals surface area contributed by atoms with E-state index < -0.39 is 0 Å². The molecule has 0 spiro atoms. The normalized spacial score (nSPS) is 40.0. The van der Waals surface area contributed by atoms with Crippen molar-refractivity contribution in [3.63, 3.8) is 0 Å². The Bertz CT molecular complexity index is 453. The maximum atomic E-state index is 5.78. The SMILES string of the molecule is Cc1cn(C23CC4CC(CC(C4)C2)C3)c(CCN)n1. The molecule has 0 saturated heterocycles. The van der Waals surface area contributed by atoms with Crippen LogP contribution in [-0.2, 0) is 12.0 Å². The van der Waals surface area contributed by atoms with Gasteiger partial charge >= 0.3 is 0 Å². The van der Waals surface area contributed by atoms with E-state index in [1.165, 1.54) is 50.0 Å². The zero-order valence-electron chi connectivity index (χ0n) is 11.9. The van der Waals surface area contributed by atoms with E-state index in [4.69, 9.17) is 10.7 Å². The van der Waals surface area contributed by atoms with Crippen LogP contribution in [0.3, 0.4) is 0 Å². The minimum Gasteiger partial charge on any atom is -0.330 e. The number of hydrogen-bond acceptors (Lipinski definition) is 2. The number of aromatic nitrogens is 2. The van der Waals surface area contributed by atoms with Gasteiger partial charge in [-0.25, -0.2) is 4.98 Å². The predicted molar refractivity (Wildman–Crippen MR) is 75.9 cm³/mol. The fourth-order valence-electron chi connectivity index (χ4n) is 5.62. The second kappa shape index (κ2) is 4.08. The van der Waals surface area contributed by atoms with Crippen molar-refractivity contribution in [1.82, 2.24) is 9.55 Å². The summed E-state index contributed by atoms with van der Waals surface area (Å²) in [5.74, 6) is 4.20. The predicted octanol–water partition coefficient (Wildman–Crippen LogP) is 2.62. The van der Waals surface area contributed by atoms with Crippen LogP contribution in [0, 0.1) is 24.7 Å². The molecule has 0 atom stereocenters. The Morgan fingerprint density at radius 1 is 1.21 bits per heavy atom. The number of hydrogen-bond donors (Lipinski definition) is 1. The summed E-state index contributed by atoms with van der Waals surface area (Å²) in [4.78, 5) is 4.74. The molecule has 19 heavy (non-hydrogen) atoms. The highest BCUT2D eigenvalue weighted by Crippen LogP contribution is 2.59. The second-order valence-corrected chi connectivity index (χ2v) is 7.35. The molecule has 3 heteroatoms. The Balaban J connectivity index is 1.75. The molecule has 1 aromatic rings. The monoisotopic (exact) mass is 259 g/mol. The first-order valence-corrected chi connectivity index (χ1v) is 7.94. The molecule has 4 bridgehead atoms. The van der Waals surface area contributed by atoms with Crippen molar-refractivity contribution in [2.24, 2.45) is 23.5 Å². The Hall–Kier alpha value is -0.830. The van der Waals surface area contributed by atoms with Gasteiger partial charge in [0.25, 0.3) is 0 Å². The highest BCUT2D eigenvalue weighted by Gasteiger charge is 2.52. The molecule has 4 saturated carbocycles. The first-order valence-electron chi connectivity index (χ1n) is 7.94. The Labute approximate surface area is 115 Å². The molecule has 0 radical (unpaired) electrons. The van der Waals surface area contributed by atoms with Crippen LogP contribution in [0.5, 0.6) is 0 Å². The van der Waals surface area contributed by atoms with E-state index in [9.17, 15) is 0 Å². The van der Waals surface area contributed by atoms with Gasteiger partial charge in [0.2, 0.25) is 0 Å². The number of rotatable bonds is 3. The number of nitrogens with zero attached hydrogens (tertiary/aromatic N) is 2. The van der Waals surface area contributed by atoms with Gasteiger partial charge in [-0.2, -0.15) is 0 Å². The molecular formula is C16H25N3. The van der Waals surface area contributed by atoms with Gasteiger partial charge in [-0.1, -0.05) is 0 Å². The third-order valence-corrected chi connectivity index (χ3v) is 5.78. The van der Waals surface area contributed by atoms with Crippen molar-refractivity contribution in [2.75, 3.05) is 6.54 Å². The third kappa shape index (κ3) is 1.78. The molecule has 5 rings (SSSR count). The van der Waals surface area contributed by atoms with Gasteiger partial charge in [0, 0.05) is 18.2 Å². The van der Waals surface area contributed by atoms with E-state index in [2.05, 4.69) is 17.7 Å². The van der Waals surface area contributed by atoms with Gasteiger partial charge in [0.05, 0.1) is 5.69 Å². The van der Waals surface area contributed by atoms with Gasteiger partial charge in [0.1, 0.15) is 5.82 Å². The van der Waals surface area contributed by atoms with Crippen molar-refractivity contribution in [3.8, 4) is 0 Å². The van der Waals surface area contributed by atoms with Crippen LogP contribution in [0.2, 0.25) is 0 Å². The molecule has 4 aliphatic carbocycles. The Kier molecular flexibility index (Phi) is 2.57. The van der Waals surface area contributed by atoms with Crippen LogP contribution < -0.4 is 5.73 Å². The Morgan fingerprint density at radius 3 is 2.32 bits per heavy atom. The van der Waals surface area contributed by atoms with Crippen LogP contribution >= 0.6 is 0 Å². The van der Waals surface area contributed by atoms with Crippen LogP contribution in [0.25, 0.3) is 0 Å². The summed E-state index contributed by atoms with van der Waals surface area (Å²) in [7, 11) is 0. The zero-order valence-corrected chi connectivity index (χ0v) is 11.9. The summed E-state index contributed by atoms with van der Waals surface area (Å²) in [6.45, 7) is 2.83.